The van der Waals surface area contributed by atoms with Crippen LogP contribution in [0.2, 0.25) is 0 Å². The van der Waals surface area contributed by atoms with E-state index in [4.69, 9.17) is 4.74 Å². The van der Waals surface area contributed by atoms with Crippen LogP contribution < -0.4 is 5.32 Å². The van der Waals surface area contributed by atoms with E-state index in [-0.39, 0.29) is 0 Å². The lowest BCUT2D eigenvalue weighted by molar-refractivity contribution is 0.148. The highest BCUT2D eigenvalue weighted by molar-refractivity contribution is 4.83. The van der Waals surface area contributed by atoms with Gasteiger partial charge in [-0.3, -0.25) is 4.90 Å². The summed E-state index contributed by atoms with van der Waals surface area (Å²) < 4.78 is 5.53. The summed E-state index contributed by atoms with van der Waals surface area (Å²) in [5, 5.41) is 3.65. The maximum atomic E-state index is 5.53. The van der Waals surface area contributed by atoms with Gasteiger partial charge in [0.05, 0.1) is 6.61 Å². The number of likely N-dealkylation sites (N-methyl/N-ethyl adjacent to an activating group) is 1. The monoisotopic (exact) mass is 242 g/mol. The van der Waals surface area contributed by atoms with Gasteiger partial charge in [-0.2, -0.15) is 0 Å². The Morgan fingerprint density at radius 3 is 2.59 bits per heavy atom. The Balaban J connectivity index is 2.50. The van der Waals surface area contributed by atoms with Crippen LogP contribution in [0, 0.1) is 5.92 Å². The van der Waals surface area contributed by atoms with Crippen LogP contribution in [0.1, 0.15) is 40.5 Å². The van der Waals surface area contributed by atoms with E-state index in [0.29, 0.717) is 18.0 Å². The van der Waals surface area contributed by atoms with E-state index in [2.05, 4.69) is 37.9 Å². The summed E-state index contributed by atoms with van der Waals surface area (Å²) in [5.74, 6) is 0.702. The Kier molecular flexibility index (Phi) is 7.09. The largest absolute Gasteiger partial charge is 0.381 e. The lowest BCUT2D eigenvalue weighted by Gasteiger charge is -2.33. The molecule has 3 nitrogen and oxygen atoms in total. The first-order valence-corrected chi connectivity index (χ1v) is 7.24. The van der Waals surface area contributed by atoms with Gasteiger partial charge in [0.15, 0.2) is 0 Å². The molecule has 0 aliphatic carbocycles. The fourth-order valence-electron chi connectivity index (χ4n) is 2.61. The van der Waals surface area contributed by atoms with E-state index in [1.54, 1.807) is 0 Å². The van der Waals surface area contributed by atoms with Crippen LogP contribution in [0.3, 0.4) is 0 Å². The highest BCUT2D eigenvalue weighted by Crippen LogP contribution is 2.18. The minimum absolute atomic E-state index is 0.594. The van der Waals surface area contributed by atoms with Crippen LogP contribution >= 0.6 is 0 Å². The molecule has 0 aromatic carbocycles. The molecule has 1 N–H and O–H groups in total. The summed E-state index contributed by atoms with van der Waals surface area (Å²) in [5.41, 5.74) is 0. The van der Waals surface area contributed by atoms with Crippen molar-refractivity contribution in [3.8, 4) is 0 Å². The number of rotatable bonds is 8. The topological polar surface area (TPSA) is 24.5 Å². The SMILES string of the molecule is CCCN(CC(NCC)C1CCOC1)C(C)C. The highest BCUT2D eigenvalue weighted by atomic mass is 16.5. The van der Waals surface area contributed by atoms with Crippen LogP contribution in [0.4, 0.5) is 0 Å². The molecule has 0 spiro atoms. The minimum Gasteiger partial charge on any atom is -0.381 e. The third-order valence-corrected chi connectivity index (χ3v) is 3.67. The van der Waals surface area contributed by atoms with Crippen molar-refractivity contribution in [2.75, 3.05) is 32.8 Å². The van der Waals surface area contributed by atoms with Gasteiger partial charge in [0.2, 0.25) is 0 Å². The molecule has 1 fully saturated rings. The van der Waals surface area contributed by atoms with Gasteiger partial charge in [-0.15, -0.1) is 0 Å². The molecule has 0 amide bonds. The summed E-state index contributed by atoms with van der Waals surface area (Å²) in [4.78, 5) is 2.59. The average Bonchev–Trinajstić information content (AvgIpc) is 2.80. The molecule has 1 aliphatic heterocycles. The molecule has 1 rings (SSSR count). The lowest BCUT2D eigenvalue weighted by atomic mass is 9.98. The van der Waals surface area contributed by atoms with E-state index >= 15 is 0 Å². The Hall–Kier alpha value is -0.120. The Labute approximate surface area is 107 Å². The zero-order valence-electron chi connectivity index (χ0n) is 12.0. The highest BCUT2D eigenvalue weighted by Gasteiger charge is 2.27. The second-order valence-corrected chi connectivity index (χ2v) is 5.38. The molecule has 102 valence electrons. The van der Waals surface area contributed by atoms with E-state index in [1.165, 1.54) is 19.4 Å². The van der Waals surface area contributed by atoms with Crippen LogP contribution in [0.5, 0.6) is 0 Å². The second-order valence-electron chi connectivity index (χ2n) is 5.38. The minimum atomic E-state index is 0.594. The molecule has 0 radical (unpaired) electrons. The standard InChI is InChI=1S/C14H30N2O/c1-5-8-16(12(3)4)10-14(15-6-2)13-7-9-17-11-13/h12-15H,5-11H2,1-4H3. The Morgan fingerprint density at radius 1 is 1.35 bits per heavy atom. The molecule has 2 unspecified atom stereocenters. The van der Waals surface area contributed by atoms with Crippen molar-refractivity contribution in [2.24, 2.45) is 5.92 Å². The zero-order chi connectivity index (χ0) is 12.7. The summed E-state index contributed by atoms with van der Waals surface area (Å²) in [6.07, 6.45) is 2.45. The van der Waals surface area contributed by atoms with E-state index in [1.807, 2.05) is 0 Å². The van der Waals surface area contributed by atoms with Crippen molar-refractivity contribution in [1.82, 2.24) is 10.2 Å². The number of nitrogens with zero attached hydrogens (tertiary/aromatic N) is 1. The second kappa shape index (κ2) is 8.06. The molecule has 0 saturated carbocycles. The number of ether oxygens (including phenoxy) is 1. The van der Waals surface area contributed by atoms with E-state index in [9.17, 15) is 0 Å². The quantitative estimate of drug-likeness (QED) is 0.705. The smallest absolute Gasteiger partial charge is 0.0510 e. The third-order valence-electron chi connectivity index (χ3n) is 3.67. The molecule has 0 aromatic heterocycles. The fourth-order valence-corrected chi connectivity index (χ4v) is 2.61. The number of nitrogens with one attached hydrogen (secondary N) is 1. The van der Waals surface area contributed by atoms with Crippen LogP contribution in [0.25, 0.3) is 0 Å². The van der Waals surface area contributed by atoms with Gasteiger partial charge in [0.25, 0.3) is 0 Å². The van der Waals surface area contributed by atoms with Crippen molar-refractivity contribution >= 4 is 0 Å². The zero-order valence-corrected chi connectivity index (χ0v) is 12.0. The van der Waals surface area contributed by atoms with Crippen LogP contribution in [0.15, 0.2) is 0 Å². The first-order chi connectivity index (χ1) is 8.19. The molecule has 1 heterocycles. The van der Waals surface area contributed by atoms with Gasteiger partial charge in [-0.1, -0.05) is 13.8 Å². The lowest BCUT2D eigenvalue weighted by Crippen LogP contribution is -2.48. The molecular formula is C14H30N2O. The maximum Gasteiger partial charge on any atom is 0.0510 e. The van der Waals surface area contributed by atoms with Gasteiger partial charge in [0, 0.05) is 31.2 Å². The van der Waals surface area contributed by atoms with Gasteiger partial charge < -0.3 is 10.1 Å². The first kappa shape index (κ1) is 14.9. The molecule has 3 heteroatoms. The molecule has 0 bridgehead atoms. The molecule has 0 aromatic rings. The molecule has 1 saturated heterocycles. The summed E-state index contributed by atoms with van der Waals surface area (Å²) in [7, 11) is 0. The predicted octanol–water partition coefficient (Wildman–Crippen LogP) is 2.12. The molecule has 1 aliphatic rings. The van der Waals surface area contributed by atoms with Crippen LogP contribution in [-0.2, 0) is 4.74 Å². The van der Waals surface area contributed by atoms with Crippen LogP contribution in [-0.4, -0.2) is 49.8 Å². The summed E-state index contributed by atoms with van der Waals surface area (Å²) in [6.45, 7) is 14.4. The van der Waals surface area contributed by atoms with Gasteiger partial charge >= 0.3 is 0 Å². The van der Waals surface area contributed by atoms with Crippen molar-refractivity contribution in [3.63, 3.8) is 0 Å². The average molecular weight is 242 g/mol. The third kappa shape index (κ3) is 4.94. The van der Waals surface area contributed by atoms with Crippen molar-refractivity contribution in [2.45, 2.75) is 52.6 Å². The van der Waals surface area contributed by atoms with Gasteiger partial charge in [0.1, 0.15) is 0 Å². The van der Waals surface area contributed by atoms with Gasteiger partial charge in [-0.25, -0.2) is 0 Å². The predicted molar refractivity (Wildman–Crippen MR) is 73.4 cm³/mol. The summed E-state index contributed by atoms with van der Waals surface area (Å²) >= 11 is 0. The molecule has 2 atom stereocenters. The van der Waals surface area contributed by atoms with Crippen molar-refractivity contribution < 1.29 is 4.74 Å². The van der Waals surface area contributed by atoms with Crippen molar-refractivity contribution in [3.05, 3.63) is 0 Å². The van der Waals surface area contributed by atoms with E-state index < -0.39 is 0 Å². The Bertz CT molecular complexity index is 191. The van der Waals surface area contributed by atoms with Crippen molar-refractivity contribution in [1.29, 1.82) is 0 Å². The fraction of sp³-hybridized carbons (Fsp3) is 1.00. The number of hydrogen-bond acceptors (Lipinski definition) is 3. The normalized spacial score (nSPS) is 22.6. The van der Waals surface area contributed by atoms with E-state index in [0.717, 1.165) is 26.3 Å². The molecule has 17 heavy (non-hydrogen) atoms. The van der Waals surface area contributed by atoms with Gasteiger partial charge in [-0.05, 0) is 39.8 Å². The Morgan fingerprint density at radius 2 is 2.12 bits per heavy atom. The number of hydrogen-bond donors (Lipinski definition) is 1. The maximum absolute atomic E-state index is 5.53. The molecular weight excluding hydrogens is 212 g/mol. The summed E-state index contributed by atoms with van der Waals surface area (Å²) in [6, 6.07) is 1.23. The first-order valence-electron chi connectivity index (χ1n) is 7.24.